The van der Waals surface area contributed by atoms with Crippen LogP contribution in [0.15, 0.2) is 24.3 Å². The topological polar surface area (TPSA) is 75.8 Å². The van der Waals surface area contributed by atoms with Gasteiger partial charge in [-0.2, -0.15) is 13.2 Å². The van der Waals surface area contributed by atoms with Crippen LogP contribution in [0.4, 0.5) is 13.2 Å². The number of nitrogens with two attached hydrogens (primary N) is 1. The summed E-state index contributed by atoms with van der Waals surface area (Å²) < 4.78 is 42.4. The number of hydrogen-bond acceptors (Lipinski definition) is 4. The Kier molecular flexibility index (Phi) is 8.96. The normalized spacial score (nSPS) is 12.3. The number of carbonyl (C=O) groups is 1. The Morgan fingerprint density at radius 1 is 1.35 bits per heavy atom. The molecule has 1 aromatic carbocycles. The summed E-state index contributed by atoms with van der Waals surface area (Å²) in [6.07, 6.45) is -5.17. The number of likely N-dealkylation sites (N-methyl/N-ethyl adjacent to an activating group) is 1. The molecule has 132 valence electrons. The van der Waals surface area contributed by atoms with E-state index in [0.29, 0.717) is 0 Å². The molecule has 0 aliphatic heterocycles. The van der Waals surface area contributed by atoms with Crippen molar-refractivity contribution < 1.29 is 27.8 Å². The third kappa shape index (κ3) is 7.54. The Bertz CT molecular complexity index is 483. The largest absolute Gasteiger partial charge is 0.491 e. The van der Waals surface area contributed by atoms with E-state index in [1.54, 1.807) is 0 Å². The Labute approximate surface area is 138 Å². The maximum Gasteiger partial charge on any atom is 0.416 e. The van der Waals surface area contributed by atoms with Crippen molar-refractivity contribution in [2.75, 3.05) is 26.7 Å². The molecule has 1 unspecified atom stereocenters. The molecule has 0 bridgehead atoms. The fourth-order valence-corrected chi connectivity index (χ4v) is 1.72. The molecular formula is C14H20ClF3N2O3. The molecule has 0 radical (unpaired) electrons. The molecule has 0 fully saturated rings. The van der Waals surface area contributed by atoms with Gasteiger partial charge in [0.05, 0.1) is 5.56 Å². The van der Waals surface area contributed by atoms with Crippen molar-refractivity contribution in [3.63, 3.8) is 0 Å². The van der Waals surface area contributed by atoms with Crippen molar-refractivity contribution in [2.45, 2.75) is 18.7 Å². The van der Waals surface area contributed by atoms with Gasteiger partial charge in [-0.1, -0.05) is 0 Å². The molecule has 23 heavy (non-hydrogen) atoms. The molecule has 9 heteroatoms. The number of hydrogen-bond donors (Lipinski definition) is 2. The second-order valence-corrected chi connectivity index (χ2v) is 4.80. The summed E-state index contributed by atoms with van der Waals surface area (Å²) in [6.45, 7) is 0.145. The average molecular weight is 357 g/mol. The number of aliphatic hydroxyl groups is 1. The van der Waals surface area contributed by atoms with E-state index in [4.69, 9.17) is 10.5 Å². The van der Waals surface area contributed by atoms with Gasteiger partial charge < -0.3 is 20.5 Å². The Balaban J connectivity index is 0.00000484. The van der Waals surface area contributed by atoms with Crippen molar-refractivity contribution in [1.29, 1.82) is 0 Å². The molecule has 0 aliphatic rings. The van der Waals surface area contributed by atoms with E-state index < -0.39 is 17.8 Å². The summed E-state index contributed by atoms with van der Waals surface area (Å²) in [5.74, 6) is 0.0130. The fourth-order valence-electron chi connectivity index (χ4n) is 1.72. The van der Waals surface area contributed by atoms with E-state index in [9.17, 15) is 23.1 Å². The monoisotopic (exact) mass is 356 g/mol. The Morgan fingerprint density at radius 2 is 1.91 bits per heavy atom. The molecule has 3 N–H and O–H groups in total. The van der Waals surface area contributed by atoms with E-state index in [0.717, 1.165) is 12.1 Å². The van der Waals surface area contributed by atoms with E-state index in [1.807, 2.05) is 0 Å². The van der Waals surface area contributed by atoms with Crippen LogP contribution in [0, 0.1) is 0 Å². The molecule has 0 heterocycles. The summed E-state index contributed by atoms with van der Waals surface area (Å²) in [5, 5.41) is 9.75. The minimum absolute atomic E-state index is 0. The number of rotatable bonds is 7. The highest BCUT2D eigenvalue weighted by atomic mass is 35.5. The van der Waals surface area contributed by atoms with Crippen LogP contribution in [0.2, 0.25) is 0 Å². The zero-order valence-corrected chi connectivity index (χ0v) is 13.4. The van der Waals surface area contributed by atoms with Crippen molar-refractivity contribution in [3.8, 4) is 5.75 Å². The maximum absolute atomic E-state index is 12.4. The molecule has 1 amide bonds. The van der Waals surface area contributed by atoms with Gasteiger partial charge in [0.25, 0.3) is 0 Å². The number of aliphatic hydroxyl groups excluding tert-OH is 1. The SMILES string of the molecule is CN(CC(O)COc1ccc(C(F)(F)F)cc1)C(=O)CCN.Cl. The summed E-state index contributed by atoms with van der Waals surface area (Å²) in [7, 11) is 1.53. The first-order valence-corrected chi connectivity index (χ1v) is 6.66. The highest BCUT2D eigenvalue weighted by Crippen LogP contribution is 2.30. The fraction of sp³-hybridized carbons (Fsp3) is 0.500. The molecule has 0 spiro atoms. The number of carbonyl (C=O) groups excluding carboxylic acids is 1. The van der Waals surface area contributed by atoms with E-state index in [-0.39, 0.29) is 50.2 Å². The first-order chi connectivity index (χ1) is 10.2. The van der Waals surface area contributed by atoms with Crippen molar-refractivity contribution >= 4 is 18.3 Å². The molecule has 0 saturated heterocycles. The molecule has 5 nitrogen and oxygen atoms in total. The van der Waals surface area contributed by atoms with Crippen LogP contribution in [-0.4, -0.2) is 48.8 Å². The highest BCUT2D eigenvalue weighted by molar-refractivity contribution is 5.85. The second-order valence-electron chi connectivity index (χ2n) is 4.80. The summed E-state index contributed by atoms with van der Waals surface area (Å²) in [5.41, 5.74) is 4.49. The molecule has 1 atom stereocenters. The number of ether oxygens (including phenoxy) is 1. The van der Waals surface area contributed by atoms with Gasteiger partial charge in [-0.3, -0.25) is 4.79 Å². The number of nitrogens with zero attached hydrogens (tertiary/aromatic N) is 1. The average Bonchev–Trinajstić information content (AvgIpc) is 2.45. The predicted octanol–water partition coefficient (Wildman–Crippen LogP) is 1.67. The molecule has 0 saturated carbocycles. The number of alkyl halides is 3. The third-order valence-corrected chi connectivity index (χ3v) is 2.89. The lowest BCUT2D eigenvalue weighted by Gasteiger charge is -2.21. The summed E-state index contributed by atoms with van der Waals surface area (Å²) >= 11 is 0. The first-order valence-electron chi connectivity index (χ1n) is 6.66. The highest BCUT2D eigenvalue weighted by Gasteiger charge is 2.30. The lowest BCUT2D eigenvalue weighted by Crippen LogP contribution is -2.37. The summed E-state index contributed by atoms with van der Waals surface area (Å²) in [4.78, 5) is 12.8. The Morgan fingerprint density at radius 3 is 2.39 bits per heavy atom. The lowest BCUT2D eigenvalue weighted by atomic mass is 10.2. The van der Waals surface area contributed by atoms with Crippen LogP contribution in [0.3, 0.4) is 0 Å². The minimum atomic E-state index is -4.40. The van der Waals surface area contributed by atoms with Gasteiger partial charge in [-0.25, -0.2) is 0 Å². The van der Waals surface area contributed by atoms with Gasteiger partial charge in [-0.15, -0.1) is 12.4 Å². The van der Waals surface area contributed by atoms with E-state index in [2.05, 4.69) is 0 Å². The first kappa shape index (κ1) is 21.5. The number of halogens is 4. The zero-order valence-electron chi connectivity index (χ0n) is 12.5. The van der Waals surface area contributed by atoms with Crippen LogP contribution in [0.5, 0.6) is 5.75 Å². The molecular weight excluding hydrogens is 337 g/mol. The van der Waals surface area contributed by atoms with Crippen LogP contribution in [-0.2, 0) is 11.0 Å². The Hall–Kier alpha value is -1.51. The van der Waals surface area contributed by atoms with Crippen LogP contribution in [0.25, 0.3) is 0 Å². The second kappa shape index (κ2) is 9.59. The van der Waals surface area contributed by atoms with Crippen molar-refractivity contribution in [2.24, 2.45) is 5.73 Å². The van der Waals surface area contributed by atoms with Crippen molar-refractivity contribution in [1.82, 2.24) is 4.90 Å². The molecule has 1 rings (SSSR count). The third-order valence-electron chi connectivity index (χ3n) is 2.89. The van der Waals surface area contributed by atoms with Crippen molar-refractivity contribution in [3.05, 3.63) is 29.8 Å². The van der Waals surface area contributed by atoms with E-state index >= 15 is 0 Å². The van der Waals surface area contributed by atoms with Gasteiger partial charge >= 0.3 is 6.18 Å². The lowest BCUT2D eigenvalue weighted by molar-refractivity contribution is -0.137. The van der Waals surface area contributed by atoms with Gasteiger partial charge in [-0.05, 0) is 24.3 Å². The van der Waals surface area contributed by atoms with E-state index in [1.165, 1.54) is 24.1 Å². The maximum atomic E-state index is 12.4. The molecule has 1 aromatic rings. The van der Waals surface area contributed by atoms with Gasteiger partial charge in [0.2, 0.25) is 5.91 Å². The van der Waals surface area contributed by atoms with Gasteiger partial charge in [0, 0.05) is 26.6 Å². The zero-order chi connectivity index (χ0) is 16.8. The summed E-state index contributed by atoms with van der Waals surface area (Å²) in [6, 6.07) is 4.16. The smallest absolute Gasteiger partial charge is 0.416 e. The van der Waals surface area contributed by atoms with Crippen LogP contribution >= 0.6 is 12.4 Å². The molecule has 0 aromatic heterocycles. The minimum Gasteiger partial charge on any atom is -0.491 e. The van der Waals surface area contributed by atoms with Crippen LogP contribution in [0.1, 0.15) is 12.0 Å². The standard InChI is InChI=1S/C14H19F3N2O3.ClH/c1-19(13(21)6-7-18)8-11(20)9-22-12-4-2-10(3-5-12)14(15,16)17;/h2-5,11,20H,6-9,18H2,1H3;1H. The number of amides is 1. The van der Waals surface area contributed by atoms with Gasteiger partial charge in [0.15, 0.2) is 0 Å². The predicted molar refractivity (Wildman–Crippen MR) is 81.5 cm³/mol. The molecule has 0 aliphatic carbocycles. The van der Waals surface area contributed by atoms with Gasteiger partial charge in [0.1, 0.15) is 18.5 Å². The number of benzene rings is 1. The van der Waals surface area contributed by atoms with Crippen LogP contribution < -0.4 is 10.5 Å². The quantitative estimate of drug-likeness (QED) is 0.779.